The van der Waals surface area contributed by atoms with Crippen molar-refractivity contribution in [2.75, 3.05) is 37.9 Å². The molecule has 4 aromatic heterocycles. The molecule has 1 atom stereocenters. The first-order valence-corrected chi connectivity index (χ1v) is 13.2. The van der Waals surface area contributed by atoms with Crippen LogP contribution in [0.2, 0.25) is 0 Å². The van der Waals surface area contributed by atoms with Crippen LogP contribution in [0.4, 0.5) is 29.6 Å². The van der Waals surface area contributed by atoms with Crippen LogP contribution >= 0.6 is 0 Å². The number of hydrogen-bond donors (Lipinski definition) is 3. The van der Waals surface area contributed by atoms with Crippen molar-refractivity contribution in [3.05, 3.63) is 24.8 Å². The summed E-state index contributed by atoms with van der Waals surface area (Å²) in [5, 5.41) is 8.87. The number of nitrogens with zero attached hydrogens (tertiary/aromatic N) is 8. The molecule has 14 nitrogen and oxygen atoms in total. The van der Waals surface area contributed by atoms with Crippen LogP contribution < -0.4 is 16.0 Å². The fourth-order valence-corrected chi connectivity index (χ4v) is 4.19. The van der Waals surface area contributed by atoms with Crippen LogP contribution in [0.1, 0.15) is 45.5 Å². The van der Waals surface area contributed by atoms with Crippen molar-refractivity contribution < 1.29 is 27.4 Å². The highest BCUT2D eigenvalue weighted by Crippen LogP contribution is 2.27. The van der Waals surface area contributed by atoms with Gasteiger partial charge in [-0.05, 0) is 33.6 Å². The van der Waals surface area contributed by atoms with Gasteiger partial charge in [0.2, 0.25) is 0 Å². The van der Waals surface area contributed by atoms with Crippen molar-refractivity contribution in [1.29, 1.82) is 0 Å². The Kier molecular flexibility index (Phi) is 9.28. The topological polar surface area (TPSA) is 159 Å². The molecule has 0 aliphatic rings. The van der Waals surface area contributed by atoms with E-state index in [2.05, 4.69) is 45.9 Å². The number of nitrogens with one attached hydrogen (secondary N) is 3. The van der Waals surface area contributed by atoms with Gasteiger partial charge in [0, 0.05) is 27.2 Å². The Morgan fingerprint density at radius 1 is 1.00 bits per heavy atom. The van der Waals surface area contributed by atoms with Crippen LogP contribution in [-0.2, 0) is 22.6 Å². The lowest BCUT2D eigenvalue weighted by Gasteiger charge is -2.23. The van der Waals surface area contributed by atoms with E-state index in [1.165, 1.54) is 6.33 Å². The monoisotopic (exact) mass is 593 g/mol. The number of fused-ring (bicyclic) bond motifs is 2. The number of aromatic nitrogens is 8. The Morgan fingerprint density at radius 3 is 2.38 bits per heavy atom. The molecule has 4 rings (SSSR count). The number of anilines is 2. The Labute approximate surface area is 239 Å². The number of alkyl carbamates (subject to hydrolysis) is 1. The average molecular weight is 594 g/mol. The second-order valence-corrected chi connectivity index (χ2v) is 10.4. The zero-order chi connectivity index (χ0) is 30.5. The average Bonchev–Trinajstić information content (AvgIpc) is 3.51. The number of halogens is 3. The molecule has 0 aliphatic heterocycles. The van der Waals surface area contributed by atoms with E-state index in [1.54, 1.807) is 41.3 Å². The summed E-state index contributed by atoms with van der Waals surface area (Å²) in [6, 6.07) is -0.786. The number of carbonyl (C=O) groups is 1. The summed E-state index contributed by atoms with van der Waals surface area (Å²) >= 11 is 0. The Hall–Kier alpha value is -4.28. The van der Waals surface area contributed by atoms with Gasteiger partial charge in [0.05, 0.1) is 25.3 Å². The molecular weight excluding hydrogens is 559 g/mol. The van der Waals surface area contributed by atoms with E-state index in [1.807, 2.05) is 4.57 Å². The van der Waals surface area contributed by atoms with E-state index < -0.39 is 30.5 Å². The van der Waals surface area contributed by atoms with Crippen molar-refractivity contribution in [2.24, 2.45) is 0 Å². The molecule has 1 amide bonds. The third-order valence-electron chi connectivity index (χ3n) is 5.97. The van der Waals surface area contributed by atoms with Gasteiger partial charge in [0.15, 0.2) is 28.8 Å². The van der Waals surface area contributed by atoms with Crippen LogP contribution in [0.5, 0.6) is 0 Å². The highest BCUT2D eigenvalue weighted by Gasteiger charge is 2.30. The lowest BCUT2D eigenvalue weighted by molar-refractivity contribution is -0.140. The van der Waals surface area contributed by atoms with E-state index in [9.17, 15) is 18.0 Å². The molecule has 42 heavy (non-hydrogen) atoms. The van der Waals surface area contributed by atoms with Gasteiger partial charge in [-0.2, -0.15) is 13.2 Å². The molecule has 4 heterocycles. The molecule has 0 aliphatic carbocycles. The largest absolute Gasteiger partial charge is 0.444 e. The molecule has 1 unspecified atom stereocenters. The molecule has 0 radical (unpaired) electrons. The van der Waals surface area contributed by atoms with Crippen molar-refractivity contribution in [3.63, 3.8) is 0 Å². The highest BCUT2D eigenvalue weighted by atomic mass is 19.4. The summed E-state index contributed by atoms with van der Waals surface area (Å²) in [7, 11) is 3.19. The lowest BCUT2D eigenvalue weighted by Crippen LogP contribution is -2.36. The second kappa shape index (κ2) is 12.7. The third-order valence-corrected chi connectivity index (χ3v) is 5.97. The minimum atomic E-state index is -4.48. The van der Waals surface area contributed by atoms with Crippen LogP contribution in [0.25, 0.3) is 22.3 Å². The van der Waals surface area contributed by atoms with E-state index in [0.29, 0.717) is 49.5 Å². The second-order valence-electron chi connectivity index (χ2n) is 10.4. The first-order valence-electron chi connectivity index (χ1n) is 13.2. The molecule has 0 aromatic carbocycles. The number of amides is 1. The lowest BCUT2D eigenvalue weighted by atomic mass is 10.1. The van der Waals surface area contributed by atoms with E-state index in [0.717, 1.165) is 10.9 Å². The van der Waals surface area contributed by atoms with Gasteiger partial charge >= 0.3 is 12.3 Å². The maximum absolute atomic E-state index is 13.2. The third kappa shape index (κ3) is 7.71. The number of methoxy groups -OCH3 is 1. The van der Waals surface area contributed by atoms with Crippen LogP contribution in [0.15, 0.2) is 19.0 Å². The normalized spacial score (nSPS) is 13.0. The maximum Gasteiger partial charge on any atom is 0.408 e. The van der Waals surface area contributed by atoms with Crippen molar-refractivity contribution in [1.82, 2.24) is 44.4 Å². The van der Waals surface area contributed by atoms with Crippen LogP contribution in [0.3, 0.4) is 0 Å². The van der Waals surface area contributed by atoms with Gasteiger partial charge in [0.1, 0.15) is 29.5 Å². The van der Waals surface area contributed by atoms with Crippen LogP contribution in [-0.4, -0.2) is 84.2 Å². The van der Waals surface area contributed by atoms with E-state index in [-0.39, 0.29) is 22.8 Å². The molecule has 4 aromatic rings. The van der Waals surface area contributed by atoms with E-state index >= 15 is 0 Å². The summed E-state index contributed by atoms with van der Waals surface area (Å²) in [4.78, 5) is 38.7. The first-order chi connectivity index (χ1) is 19.9. The molecular formula is C25H34F3N11O3. The summed E-state index contributed by atoms with van der Waals surface area (Å²) in [5.74, 6) is 0.888. The first kappa shape index (κ1) is 30.7. The molecule has 17 heteroatoms. The predicted molar refractivity (Wildman–Crippen MR) is 148 cm³/mol. The van der Waals surface area contributed by atoms with Crippen molar-refractivity contribution in [3.8, 4) is 0 Å². The zero-order valence-electron chi connectivity index (χ0n) is 24.0. The SMILES string of the molecule is CNc1nc(C(CCCNc2ncnc3c2ncn3CCOC)NC(=O)OC(C)(C)C)nc2c1ncn2CC(F)(F)F. The van der Waals surface area contributed by atoms with Gasteiger partial charge in [-0.25, -0.2) is 34.7 Å². The number of carbonyl (C=O) groups excluding carboxylic acids is 1. The summed E-state index contributed by atoms with van der Waals surface area (Å²) in [5.41, 5.74) is 0.658. The molecule has 0 spiro atoms. The number of imidazole rings is 2. The van der Waals surface area contributed by atoms with Crippen molar-refractivity contribution >= 4 is 40.1 Å². The molecule has 228 valence electrons. The van der Waals surface area contributed by atoms with Crippen molar-refractivity contribution in [2.45, 2.75) is 64.5 Å². The quantitative estimate of drug-likeness (QED) is 0.206. The predicted octanol–water partition coefficient (Wildman–Crippen LogP) is 3.67. The molecule has 3 N–H and O–H groups in total. The number of alkyl halides is 3. The van der Waals surface area contributed by atoms with Crippen LogP contribution in [0, 0.1) is 0 Å². The number of rotatable bonds is 12. The van der Waals surface area contributed by atoms with Gasteiger partial charge in [-0.3, -0.25) is 0 Å². The van der Waals surface area contributed by atoms with E-state index in [4.69, 9.17) is 9.47 Å². The number of ether oxygens (including phenoxy) is 2. The van der Waals surface area contributed by atoms with Gasteiger partial charge in [-0.1, -0.05) is 0 Å². The molecule has 0 saturated heterocycles. The smallest absolute Gasteiger partial charge is 0.408 e. The minimum absolute atomic E-state index is 0.0109. The van der Waals surface area contributed by atoms with Gasteiger partial charge < -0.3 is 34.6 Å². The molecule has 0 fully saturated rings. The molecule has 0 bridgehead atoms. The number of hydrogen-bond acceptors (Lipinski definition) is 11. The fraction of sp³-hybridized carbons (Fsp3) is 0.560. The summed E-state index contributed by atoms with van der Waals surface area (Å²) < 4.78 is 52.9. The Morgan fingerprint density at radius 2 is 1.71 bits per heavy atom. The summed E-state index contributed by atoms with van der Waals surface area (Å²) in [6.07, 6.45) is -0.200. The van der Waals surface area contributed by atoms with Gasteiger partial charge in [-0.15, -0.1) is 0 Å². The Bertz CT molecular complexity index is 1510. The van der Waals surface area contributed by atoms with Gasteiger partial charge in [0.25, 0.3) is 0 Å². The Balaban J connectivity index is 1.55. The standard InChI is InChI=1S/C25H34F3N11O3/c1-24(2,3)42-23(40)35-15(18-36-19(29-4)16-22(37-18)39(14-34-16)11-25(26,27)28)7-6-8-30-20-17-21(32-12-31-20)38(13-33-17)9-10-41-5/h12-15H,6-11H2,1-5H3,(H,35,40)(H,29,36,37)(H,30,31,32). The zero-order valence-corrected chi connectivity index (χ0v) is 24.0. The highest BCUT2D eigenvalue weighted by molar-refractivity contribution is 5.83. The fourth-order valence-electron chi connectivity index (χ4n) is 4.19. The minimum Gasteiger partial charge on any atom is -0.444 e. The molecule has 0 saturated carbocycles. The summed E-state index contributed by atoms with van der Waals surface area (Å²) in [6.45, 7) is 5.42. The maximum atomic E-state index is 13.2.